The summed E-state index contributed by atoms with van der Waals surface area (Å²) < 4.78 is 0. The maximum atomic E-state index is 12.0. The van der Waals surface area contributed by atoms with Crippen LogP contribution < -0.4 is 5.73 Å². The van der Waals surface area contributed by atoms with Gasteiger partial charge in [0.15, 0.2) is 5.78 Å². The Bertz CT molecular complexity index is 371. The number of carbonyl (C=O) groups is 1. The number of halogens is 1. The van der Waals surface area contributed by atoms with Crippen LogP contribution in [0.2, 0.25) is 5.02 Å². The molecule has 1 aliphatic rings. The van der Waals surface area contributed by atoms with Crippen LogP contribution in [0.1, 0.15) is 23.2 Å². The van der Waals surface area contributed by atoms with Crippen molar-refractivity contribution in [2.24, 2.45) is 11.1 Å². The standard InChI is InChI=1S/C11H12ClNO/c12-9-4-2-1-3-8(9)10(14)11(7-13)5-6-11/h1-4H,5-7,13H2. The Morgan fingerprint density at radius 1 is 1.43 bits per heavy atom. The highest BCUT2D eigenvalue weighted by Gasteiger charge is 2.48. The van der Waals surface area contributed by atoms with E-state index < -0.39 is 0 Å². The van der Waals surface area contributed by atoms with Crippen molar-refractivity contribution in [1.29, 1.82) is 0 Å². The maximum Gasteiger partial charge on any atom is 0.171 e. The second kappa shape index (κ2) is 3.37. The molecule has 0 unspecified atom stereocenters. The fourth-order valence-electron chi connectivity index (χ4n) is 1.61. The van der Waals surface area contributed by atoms with Gasteiger partial charge in [-0.25, -0.2) is 0 Å². The summed E-state index contributed by atoms with van der Waals surface area (Å²) in [6, 6.07) is 7.15. The largest absolute Gasteiger partial charge is 0.329 e. The number of rotatable bonds is 3. The van der Waals surface area contributed by atoms with E-state index in [1.807, 2.05) is 12.1 Å². The zero-order chi connectivity index (χ0) is 10.2. The Morgan fingerprint density at radius 2 is 2.07 bits per heavy atom. The molecule has 0 spiro atoms. The topological polar surface area (TPSA) is 43.1 Å². The van der Waals surface area contributed by atoms with Gasteiger partial charge >= 0.3 is 0 Å². The number of Topliss-reactive ketones (excluding diaryl/α,β-unsaturated/α-hetero) is 1. The molecular weight excluding hydrogens is 198 g/mol. The van der Waals surface area contributed by atoms with E-state index in [0.717, 1.165) is 12.8 Å². The zero-order valence-electron chi connectivity index (χ0n) is 7.79. The minimum absolute atomic E-state index is 0.102. The first-order valence-electron chi connectivity index (χ1n) is 4.69. The van der Waals surface area contributed by atoms with E-state index in [9.17, 15) is 4.79 Å². The quantitative estimate of drug-likeness (QED) is 0.777. The predicted molar refractivity (Wildman–Crippen MR) is 56.5 cm³/mol. The van der Waals surface area contributed by atoms with E-state index in [1.54, 1.807) is 12.1 Å². The number of hydrogen-bond acceptors (Lipinski definition) is 2. The molecule has 0 saturated heterocycles. The SMILES string of the molecule is NCC1(C(=O)c2ccccc2Cl)CC1. The first-order valence-corrected chi connectivity index (χ1v) is 5.07. The van der Waals surface area contributed by atoms with Crippen LogP contribution in [0.25, 0.3) is 0 Å². The lowest BCUT2D eigenvalue weighted by Gasteiger charge is -2.11. The van der Waals surface area contributed by atoms with Crippen molar-refractivity contribution in [2.75, 3.05) is 6.54 Å². The molecule has 0 radical (unpaired) electrons. The summed E-state index contributed by atoms with van der Waals surface area (Å²) in [7, 11) is 0. The summed E-state index contributed by atoms with van der Waals surface area (Å²) in [6.45, 7) is 0.428. The predicted octanol–water partition coefficient (Wildman–Crippen LogP) is 2.26. The summed E-state index contributed by atoms with van der Waals surface area (Å²) in [5.74, 6) is 0.102. The molecule has 14 heavy (non-hydrogen) atoms. The lowest BCUT2D eigenvalue weighted by atomic mass is 9.95. The van der Waals surface area contributed by atoms with E-state index in [0.29, 0.717) is 17.1 Å². The molecule has 2 nitrogen and oxygen atoms in total. The summed E-state index contributed by atoms with van der Waals surface area (Å²) in [4.78, 5) is 12.0. The van der Waals surface area contributed by atoms with Gasteiger partial charge < -0.3 is 5.73 Å². The van der Waals surface area contributed by atoms with Crippen LogP contribution in [0.4, 0.5) is 0 Å². The Hall–Kier alpha value is -0.860. The first kappa shape index (κ1) is 9.69. The van der Waals surface area contributed by atoms with Crippen molar-refractivity contribution in [3.8, 4) is 0 Å². The van der Waals surface area contributed by atoms with Crippen LogP contribution in [-0.4, -0.2) is 12.3 Å². The molecule has 0 bridgehead atoms. The van der Waals surface area contributed by atoms with Crippen LogP contribution in [0.3, 0.4) is 0 Å². The van der Waals surface area contributed by atoms with Crippen LogP contribution in [0.15, 0.2) is 24.3 Å². The highest BCUT2D eigenvalue weighted by Crippen LogP contribution is 2.47. The summed E-state index contributed by atoms with van der Waals surface area (Å²) in [5, 5.41) is 0.525. The van der Waals surface area contributed by atoms with Gasteiger partial charge in [0.2, 0.25) is 0 Å². The van der Waals surface area contributed by atoms with Crippen molar-refractivity contribution in [3.05, 3.63) is 34.9 Å². The van der Waals surface area contributed by atoms with Crippen LogP contribution in [0.5, 0.6) is 0 Å². The van der Waals surface area contributed by atoms with Crippen molar-refractivity contribution >= 4 is 17.4 Å². The Morgan fingerprint density at radius 3 is 2.57 bits per heavy atom. The molecule has 1 aromatic rings. The van der Waals surface area contributed by atoms with E-state index in [2.05, 4.69) is 0 Å². The third kappa shape index (κ3) is 1.45. The zero-order valence-corrected chi connectivity index (χ0v) is 8.55. The first-order chi connectivity index (χ1) is 6.69. The minimum Gasteiger partial charge on any atom is -0.329 e. The fourth-order valence-corrected chi connectivity index (χ4v) is 1.83. The number of hydrogen-bond donors (Lipinski definition) is 1. The third-order valence-corrected chi connectivity index (χ3v) is 3.17. The Labute approximate surface area is 88.1 Å². The molecule has 0 amide bonds. The van der Waals surface area contributed by atoms with Crippen molar-refractivity contribution in [2.45, 2.75) is 12.8 Å². The van der Waals surface area contributed by atoms with Crippen LogP contribution in [0, 0.1) is 5.41 Å². The second-order valence-electron chi connectivity index (χ2n) is 3.79. The van der Waals surface area contributed by atoms with E-state index in [-0.39, 0.29) is 11.2 Å². The molecule has 2 rings (SSSR count). The van der Waals surface area contributed by atoms with Crippen molar-refractivity contribution in [3.63, 3.8) is 0 Å². The van der Waals surface area contributed by atoms with Gasteiger partial charge in [0.05, 0.1) is 5.02 Å². The van der Waals surface area contributed by atoms with Gasteiger partial charge in [0, 0.05) is 17.5 Å². The molecule has 1 fully saturated rings. The average molecular weight is 210 g/mol. The Balaban J connectivity index is 2.32. The monoisotopic (exact) mass is 209 g/mol. The molecule has 0 atom stereocenters. The van der Waals surface area contributed by atoms with E-state index in [4.69, 9.17) is 17.3 Å². The molecule has 0 aromatic heterocycles. The lowest BCUT2D eigenvalue weighted by Crippen LogP contribution is -2.25. The van der Waals surface area contributed by atoms with Crippen molar-refractivity contribution in [1.82, 2.24) is 0 Å². The summed E-state index contributed by atoms with van der Waals surface area (Å²) >= 11 is 5.95. The fraction of sp³-hybridized carbons (Fsp3) is 0.364. The smallest absolute Gasteiger partial charge is 0.171 e. The summed E-state index contributed by atoms with van der Waals surface area (Å²) in [5.41, 5.74) is 5.90. The van der Waals surface area contributed by atoms with Gasteiger partial charge in [0.1, 0.15) is 0 Å². The second-order valence-corrected chi connectivity index (χ2v) is 4.20. The molecular formula is C11H12ClNO. The molecule has 1 saturated carbocycles. The number of nitrogens with two attached hydrogens (primary N) is 1. The number of ketones is 1. The molecule has 0 heterocycles. The normalized spacial score (nSPS) is 17.9. The van der Waals surface area contributed by atoms with Gasteiger partial charge in [-0.15, -0.1) is 0 Å². The number of carbonyl (C=O) groups excluding carboxylic acids is 1. The molecule has 1 aromatic carbocycles. The highest BCUT2D eigenvalue weighted by molar-refractivity contribution is 6.34. The maximum absolute atomic E-state index is 12.0. The highest BCUT2D eigenvalue weighted by atomic mass is 35.5. The molecule has 3 heteroatoms. The Kier molecular flexibility index (Phi) is 2.33. The molecule has 2 N–H and O–H groups in total. The van der Waals surface area contributed by atoms with Gasteiger partial charge in [-0.05, 0) is 25.0 Å². The minimum atomic E-state index is -0.301. The third-order valence-electron chi connectivity index (χ3n) is 2.84. The van der Waals surface area contributed by atoms with Gasteiger partial charge in [-0.1, -0.05) is 23.7 Å². The van der Waals surface area contributed by atoms with Gasteiger partial charge in [0.25, 0.3) is 0 Å². The molecule has 0 aliphatic heterocycles. The van der Waals surface area contributed by atoms with Gasteiger partial charge in [-0.3, -0.25) is 4.79 Å². The molecule has 1 aliphatic carbocycles. The van der Waals surface area contributed by atoms with E-state index in [1.165, 1.54) is 0 Å². The van der Waals surface area contributed by atoms with Crippen molar-refractivity contribution < 1.29 is 4.79 Å². The average Bonchev–Trinajstić information content (AvgIpc) is 2.98. The van der Waals surface area contributed by atoms with Gasteiger partial charge in [-0.2, -0.15) is 0 Å². The number of benzene rings is 1. The van der Waals surface area contributed by atoms with Crippen LogP contribution >= 0.6 is 11.6 Å². The van der Waals surface area contributed by atoms with E-state index >= 15 is 0 Å². The summed E-state index contributed by atoms with van der Waals surface area (Å²) in [6.07, 6.45) is 1.79. The lowest BCUT2D eigenvalue weighted by molar-refractivity contribution is 0.0906. The molecule has 74 valence electrons. The van der Waals surface area contributed by atoms with Crippen LogP contribution in [-0.2, 0) is 0 Å².